The first-order chi connectivity index (χ1) is 68.4. The van der Waals surface area contributed by atoms with Crippen molar-refractivity contribution in [3.8, 4) is 44.5 Å². The van der Waals surface area contributed by atoms with Crippen LogP contribution in [0.15, 0.2) is 529 Å². The number of furan rings is 3. The molecule has 0 atom stereocenters. The summed E-state index contributed by atoms with van der Waals surface area (Å²) in [5, 5.41) is 28.3. The van der Waals surface area contributed by atoms with Gasteiger partial charge in [-0.15, -0.1) is 0 Å². The Kier molecular flexibility index (Phi) is 19.9. The molecule has 0 aliphatic carbocycles. The topological polar surface area (TPSA) is 49.1 Å². The van der Waals surface area contributed by atoms with Crippen molar-refractivity contribution in [2.24, 2.45) is 0 Å². The van der Waals surface area contributed by atoms with Gasteiger partial charge >= 0.3 is 0 Å². The minimum Gasteiger partial charge on any atom is -0.455 e. The van der Waals surface area contributed by atoms with Crippen LogP contribution in [-0.4, -0.2) is 0 Å². The fourth-order valence-electron chi connectivity index (χ4n) is 20.9. The maximum Gasteiger partial charge on any atom is 0.143 e. The van der Waals surface area contributed by atoms with Gasteiger partial charge in [-0.1, -0.05) is 382 Å². The lowest BCUT2D eigenvalue weighted by atomic mass is 9.98. The van der Waals surface area contributed by atoms with E-state index in [9.17, 15) is 0 Å². The molecule has 3 aromatic heterocycles. The summed E-state index contributed by atoms with van der Waals surface area (Å²) < 4.78 is 19.4. The average Bonchev–Trinajstić information content (AvgIpc) is 1.58. The highest BCUT2D eigenvalue weighted by atomic mass is 16.3. The monoisotopic (exact) mass is 1760 g/mol. The zero-order chi connectivity index (χ0) is 91.1. The number of fused-ring (bicyclic) bond motifs is 24. The molecule has 0 amide bonds. The van der Waals surface area contributed by atoms with E-state index in [-0.39, 0.29) is 0 Å². The molecule has 6 heteroatoms. The molecule has 0 saturated heterocycles. The van der Waals surface area contributed by atoms with Gasteiger partial charge in [-0.3, -0.25) is 0 Å². The highest BCUT2D eigenvalue weighted by Gasteiger charge is 2.24. The second-order valence-electron chi connectivity index (χ2n) is 35.7. The molecular formula is C132H85N3O3. The van der Waals surface area contributed by atoms with Crippen molar-refractivity contribution in [3.63, 3.8) is 0 Å². The number of nitrogens with zero attached hydrogens (tertiary/aromatic N) is 3. The Morgan fingerprint density at radius 1 is 0.123 bits per heavy atom. The molecule has 28 aromatic rings. The van der Waals surface area contributed by atoms with Crippen LogP contribution in [0.25, 0.3) is 207 Å². The number of anilines is 9. The molecule has 0 unspecified atom stereocenters. The number of hydrogen-bond acceptors (Lipinski definition) is 6. The summed E-state index contributed by atoms with van der Waals surface area (Å²) in [4.78, 5) is 7.12. The summed E-state index contributed by atoms with van der Waals surface area (Å²) in [6, 6.07) is 185. The first-order valence-corrected chi connectivity index (χ1v) is 47.1. The molecule has 0 radical (unpaired) electrons. The van der Waals surface area contributed by atoms with Gasteiger partial charge in [0.05, 0.1) is 11.4 Å². The van der Waals surface area contributed by atoms with Gasteiger partial charge in [-0.05, 0) is 248 Å². The van der Waals surface area contributed by atoms with Crippen LogP contribution in [0.3, 0.4) is 0 Å². The van der Waals surface area contributed by atoms with Crippen molar-refractivity contribution in [1.82, 2.24) is 0 Å². The molecule has 25 aromatic carbocycles. The lowest BCUT2D eigenvalue weighted by molar-refractivity contribution is 0.672. The van der Waals surface area contributed by atoms with Crippen molar-refractivity contribution in [1.29, 1.82) is 0 Å². The minimum absolute atomic E-state index is 0.918. The van der Waals surface area contributed by atoms with E-state index in [4.69, 9.17) is 13.3 Å². The Balaban J connectivity index is 0.000000107. The van der Waals surface area contributed by atoms with E-state index < -0.39 is 0 Å². The molecule has 0 N–H and O–H groups in total. The van der Waals surface area contributed by atoms with Gasteiger partial charge < -0.3 is 28.0 Å². The van der Waals surface area contributed by atoms with Crippen molar-refractivity contribution >= 4 is 214 Å². The van der Waals surface area contributed by atoms with Crippen LogP contribution in [-0.2, 0) is 0 Å². The molecule has 0 saturated carbocycles. The smallest absolute Gasteiger partial charge is 0.143 e. The predicted molar refractivity (Wildman–Crippen MR) is 585 cm³/mol. The van der Waals surface area contributed by atoms with Gasteiger partial charge in [-0.25, -0.2) is 0 Å². The van der Waals surface area contributed by atoms with Crippen molar-refractivity contribution in [2.45, 2.75) is 0 Å². The predicted octanol–water partition coefficient (Wildman–Crippen LogP) is 38.2. The summed E-state index contributed by atoms with van der Waals surface area (Å²) in [7, 11) is 0. The fourth-order valence-corrected chi connectivity index (χ4v) is 20.9. The van der Waals surface area contributed by atoms with E-state index in [1.807, 2.05) is 18.2 Å². The molecule has 0 aliphatic rings. The molecular weight excluding hydrogens is 1680 g/mol. The Bertz CT molecular complexity index is 9570. The standard InChI is InChI=1S/C48H31NO.2C42H27NO/c1-2-9-32(10-3-1)33-17-19-34(20-18-33)35-23-26-39(27-24-35)49(45-15-8-12-36-11-4-5-13-41(36)45)40-28-30-42-38(31-40)22-21-37-25-29-44-43-14-6-7-16-46(43)50-48(44)47(37)42;1-2-9-28(10-3-1)29-19-22-33(23-20-29)43(39-15-8-12-30-11-4-5-13-35(30)39)34-24-26-36-32(27-34)18-17-31-21-25-38-37-14-6-7-16-40(37)44-42(38)41(31)36;1-2-8-28(9-3-1)30-16-20-34(21-17-30)43(35-22-18-29-10-4-5-11-32(29)26-35)36-23-25-37-33(27-36)15-14-31-19-24-39-38-12-6-7-13-40(38)44-42(39)41(31)37/h1-31H;2*1-27H. The molecule has 646 valence electrons. The highest BCUT2D eigenvalue weighted by Crippen LogP contribution is 2.49. The number of rotatable bonds is 13. The largest absolute Gasteiger partial charge is 0.455 e. The van der Waals surface area contributed by atoms with E-state index in [1.54, 1.807) is 0 Å². The van der Waals surface area contributed by atoms with Crippen molar-refractivity contribution in [2.75, 3.05) is 14.7 Å². The van der Waals surface area contributed by atoms with Crippen LogP contribution < -0.4 is 14.7 Å². The highest BCUT2D eigenvalue weighted by molar-refractivity contribution is 6.27. The average molecular weight is 1760 g/mol. The molecule has 6 nitrogen and oxygen atoms in total. The quantitative estimate of drug-likeness (QED) is 0.107. The van der Waals surface area contributed by atoms with E-state index in [1.165, 1.54) is 125 Å². The summed E-state index contributed by atoms with van der Waals surface area (Å²) >= 11 is 0. The van der Waals surface area contributed by atoms with Gasteiger partial charge in [0, 0.05) is 99.1 Å². The lowest BCUT2D eigenvalue weighted by Gasteiger charge is -2.27. The Labute approximate surface area is 796 Å². The lowest BCUT2D eigenvalue weighted by Crippen LogP contribution is -2.10. The minimum atomic E-state index is 0.918. The molecule has 0 fully saturated rings. The van der Waals surface area contributed by atoms with Crippen LogP contribution in [0.5, 0.6) is 0 Å². The summed E-state index contributed by atoms with van der Waals surface area (Å²) in [6.07, 6.45) is 0. The Morgan fingerprint density at radius 2 is 0.355 bits per heavy atom. The second kappa shape index (κ2) is 34.0. The van der Waals surface area contributed by atoms with E-state index in [0.29, 0.717) is 0 Å². The van der Waals surface area contributed by atoms with Crippen LogP contribution in [0.4, 0.5) is 51.2 Å². The van der Waals surface area contributed by atoms with Crippen molar-refractivity contribution in [3.05, 3.63) is 516 Å². The number of hydrogen-bond donors (Lipinski definition) is 0. The summed E-state index contributed by atoms with van der Waals surface area (Å²) in [5.74, 6) is 0. The Morgan fingerprint density at radius 3 is 0.717 bits per heavy atom. The van der Waals surface area contributed by atoms with E-state index in [2.05, 4.69) is 512 Å². The van der Waals surface area contributed by atoms with Crippen LogP contribution in [0.1, 0.15) is 0 Å². The molecule has 0 bridgehead atoms. The normalized spacial score (nSPS) is 11.6. The number of para-hydroxylation sites is 3. The third kappa shape index (κ3) is 14.4. The summed E-state index contributed by atoms with van der Waals surface area (Å²) in [5.41, 5.74) is 25.3. The first kappa shape index (κ1) is 80.5. The van der Waals surface area contributed by atoms with Gasteiger partial charge in [-0.2, -0.15) is 0 Å². The van der Waals surface area contributed by atoms with Gasteiger partial charge in [0.15, 0.2) is 0 Å². The zero-order valence-corrected chi connectivity index (χ0v) is 75.1. The molecule has 138 heavy (non-hydrogen) atoms. The summed E-state index contributed by atoms with van der Waals surface area (Å²) in [6.45, 7) is 0. The fraction of sp³-hybridized carbons (Fsp3) is 0. The van der Waals surface area contributed by atoms with Crippen LogP contribution in [0.2, 0.25) is 0 Å². The van der Waals surface area contributed by atoms with Crippen molar-refractivity contribution < 1.29 is 13.3 Å². The van der Waals surface area contributed by atoms with E-state index in [0.717, 1.165) is 133 Å². The molecule has 3 heterocycles. The molecule has 0 spiro atoms. The third-order valence-corrected chi connectivity index (χ3v) is 27.7. The maximum absolute atomic E-state index is 6.50. The molecule has 28 rings (SSSR count). The SMILES string of the molecule is c1ccc(-c2ccc(-c3ccc(N(c4ccc5c(ccc6ccc7c8ccccc8oc7c65)c4)c4cccc5ccccc45)cc3)cc2)cc1.c1ccc(-c2ccc(N(c3ccc4c(ccc5ccc6c7ccccc7oc6c54)c3)c3cccc4ccccc34)cc2)cc1.c1ccc(-c2ccc(N(c3ccc4ccccc4c3)c3ccc4c(ccc5ccc6c7ccccc7oc6c54)c3)cc2)cc1. The van der Waals surface area contributed by atoms with Crippen LogP contribution >= 0.6 is 0 Å². The van der Waals surface area contributed by atoms with Gasteiger partial charge in [0.25, 0.3) is 0 Å². The maximum atomic E-state index is 6.50. The number of benzene rings is 25. The zero-order valence-electron chi connectivity index (χ0n) is 75.1. The first-order valence-electron chi connectivity index (χ1n) is 47.1. The Hall–Kier alpha value is -18.4. The second-order valence-corrected chi connectivity index (χ2v) is 35.7. The van der Waals surface area contributed by atoms with Gasteiger partial charge in [0.1, 0.15) is 33.5 Å². The van der Waals surface area contributed by atoms with E-state index >= 15 is 0 Å². The molecule has 0 aliphatic heterocycles. The third-order valence-electron chi connectivity index (χ3n) is 27.7. The van der Waals surface area contributed by atoms with Crippen LogP contribution in [0, 0.1) is 0 Å². The van der Waals surface area contributed by atoms with Gasteiger partial charge in [0.2, 0.25) is 0 Å².